The lowest BCUT2D eigenvalue weighted by Gasteiger charge is -2.21. The van der Waals surface area contributed by atoms with E-state index >= 15 is 0 Å². The molecule has 32 heavy (non-hydrogen) atoms. The highest BCUT2D eigenvalue weighted by Gasteiger charge is 2.20. The Morgan fingerprint density at radius 1 is 1.03 bits per heavy atom. The molecule has 0 radical (unpaired) electrons. The van der Waals surface area contributed by atoms with Gasteiger partial charge in [0.25, 0.3) is 0 Å². The van der Waals surface area contributed by atoms with E-state index in [0.717, 1.165) is 44.3 Å². The van der Waals surface area contributed by atoms with E-state index < -0.39 is 6.04 Å². The smallest absolute Gasteiger partial charge is 0.243 e. The molecule has 0 aliphatic carbocycles. The van der Waals surface area contributed by atoms with Crippen LogP contribution in [-0.4, -0.2) is 56.6 Å². The lowest BCUT2D eigenvalue weighted by Crippen LogP contribution is -2.54. The van der Waals surface area contributed by atoms with E-state index in [1.165, 1.54) is 11.1 Å². The summed E-state index contributed by atoms with van der Waals surface area (Å²) in [6.45, 7) is 8.87. The van der Waals surface area contributed by atoms with Crippen LogP contribution in [0.4, 0.5) is 0 Å². The Labute approximate surface area is 193 Å². The van der Waals surface area contributed by atoms with Crippen LogP contribution in [0.1, 0.15) is 51.2 Å². The minimum Gasteiger partial charge on any atom is -0.379 e. The molecule has 1 aliphatic heterocycles. The van der Waals surface area contributed by atoms with E-state index in [-0.39, 0.29) is 24.4 Å². The summed E-state index contributed by atoms with van der Waals surface area (Å²) in [5.74, 6) is -0.334. The molecule has 0 saturated heterocycles. The highest BCUT2D eigenvalue weighted by molar-refractivity contribution is 5.88. The van der Waals surface area contributed by atoms with Gasteiger partial charge in [-0.25, -0.2) is 0 Å². The SMILES string of the molecule is CCC=C1CNCCCc2ccccc2CCCNC(=O)C(CNC(C)C)NC(=O)CN1. The van der Waals surface area contributed by atoms with E-state index in [1.807, 2.05) is 13.8 Å². The molecule has 1 heterocycles. The van der Waals surface area contributed by atoms with Crippen LogP contribution in [0.2, 0.25) is 0 Å². The third kappa shape index (κ3) is 9.83. The van der Waals surface area contributed by atoms with E-state index in [0.29, 0.717) is 19.6 Å². The molecule has 0 saturated carbocycles. The number of carbonyl (C=O) groups is 2. The van der Waals surface area contributed by atoms with E-state index in [9.17, 15) is 9.59 Å². The summed E-state index contributed by atoms with van der Waals surface area (Å²) in [6, 6.07) is 8.20. The maximum absolute atomic E-state index is 12.8. The summed E-state index contributed by atoms with van der Waals surface area (Å²) in [5.41, 5.74) is 3.74. The zero-order valence-electron chi connectivity index (χ0n) is 19.9. The monoisotopic (exact) mass is 443 g/mol. The number of rotatable bonds is 4. The van der Waals surface area contributed by atoms with Gasteiger partial charge < -0.3 is 26.6 Å². The predicted molar refractivity (Wildman–Crippen MR) is 130 cm³/mol. The van der Waals surface area contributed by atoms with Gasteiger partial charge in [0, 0.05) is 31.4 Å². The fraction of sp³-hybridized carbons (Fsp3) is 0.600. The number of benzene rings is 1. The molecule has 0 fully saturated rings. The first kappa shape index (κ1) is 25.9. The van der Waals surface area contributed by atoms with Crippen molar-refractivity contribution in [1.29, 1.82) is 0 Å². The number of fused-ring (bicyclic) bond motifs is 1. The first-order valence-corrected chi connectivity index (χ1v) is 12.0. The van der Waals surface area contributed by atoms with Crippen molar-refractivity contribution in [3.8, 4) is 0 Å². The Bertz CT molecular complexity index is 748. The van der Waals surface area contributed by atoms with Gasteiger partial charge in [-0.15, -0.1) is 0 Å². The maximum atomic E-state index is 12.8. The Balaban J connectivity index is 2.09. The standard InChI is InChI=1S/C25H41N5O2/c1-4-9-22-16-26-14-7-12-20-10-5-6-11-21(20)13-8-15-27-25(32)23(17-28-19(2)3)30-24(31)18-29-22/h5-6,9-11,19,23,26,28-29H,4,7-8,12-18H2,1-3H3,(H,27,32)(H,30,31). The molecule has 1 aliphatic rings. The van der Waals surface area contributed by atoms with Crippen molar-refractivity contribution in [3.63, 3.8) is 0 Å². The van der Waals surface area contributed by atoms with Gasteiger partial charge in [-0.3, -0.25) is 9.59 Å². The molecule has 0 spiro atoms. The largest absolute Gasteiger partial charge is 0.379 e. The van der Waals surface area contributed by atoms with Crippen molar-refractivity contribution >= 4 is 11.8 Å². The van der Waals surface area contributed by atoms with Crippen LogP contribution in [0, 0.1) is 0 Å². The molecule has 1 aromatic carbocycles. The fourth-order valence-electron chi connectivity index (χ4n) is 3.74. The van der Waals surface area contributed by atoms with Gasteiger partial charge in [0.1, 0.15) is 6.04 Å². The summed E-state index contributed by atoms with van der Waals surface area (Å²) in [7, 11) is 0. The summed E-state index contributed by atoms with van der Waals surface area (Å²) < 4.78 is 0. The highest BCUT2D eigenvalue weighted by Crippen LogP contribution is 2.13. The molecule has 7 heteroatoms. The molecule has 5 N–H and O–H groups in total. The summed E-state index contributed by atoms with van der Waals surface area (Å²) in [4.78, 5) is 25.3. The summed E-state index contributed by atoms with van der Waals surface area (Å²) in [6.07, 6.45) is 6.87. The van der Waals surface area contributed by atoms with Crippen molar-refractivity contribution in [1.82, 2.24) is 26.6 Å². The van der Waals surface area contributed by atoms with E-state index in [4.69, 9.17) is 0 Å². The Hall–Kier alpha value is -2.38. The normalized spacial score (nSPS) is 21.1. The average Bonchev–Trinajstić information content (AvgIpc) is 2.77. The first-order valence-electron chi connectivity index (χ1n) is 12.0. The quantitative estimate of drug-likeness (QED) is 0.488. The number of aryl methyl sites for hydroxylation is 2. The molecule has 2 amide bonds. The molecule has 0 bridgehead atoms. The van der Waals surface area contributed by atoms with Crippen molar-refractivity contribution in [2.75, 3.05) is 32.7 Å². The molecule has 178 valence electrons. The zero-order valence-corrected chi connectivity index (χ0v) is 19.9. The van der Waals surface area contributed by atoms with Crippen molar-refractivity contribution in [2.24, 2.45) is 0 Å². The van der Waals surface area contributed by atoms with E-state index in [1.54, 1.807) is 0 Å². The second-order valence-corrected chi connectivity index (χ2v) is 8.62. The second-order valence-electron chi connectivity index (χ2n) is 8.62. The lowest BCUT2D eigenvalue weighted by atomic mass is 9.99. The number of hydrogen-bond donors (Lipinski definition) is 5. The minimum absolute atomic E-state index is 0.145. The van der Waals surface area contributed by atoms with Gasteiger partial charge in [-0.05, 0) is 49.8 Å². The van der Waals surface area contributed by atoms with Crippen molar-refractivity contribution < 1.29 is 9.59 Å². The van der Waals surface area contributed by atoms with Gasteiger partial charge in [0.15, 0.2) is 0 Å². The van der Waals surface area contributed by atoms with Gasteiger partial charge in [-0.2, -0.15) is 0 Å². The van der Waals surface area contributed by atoms with Gasteiger partial charge in [-0.1, -0.05) is 51.1 Å². The first-order chi connectivity index (χ1) is 15.5. The number of allylic oxidation sites excluding steroid dienone is 1. The van der Waals surface area contributed by atoms with Gasteiger partial charge in [0.2, 0.25) is 11.8 Å². The molecular formula is C25H41N5O2. The van der Waals surface area contributed by atoms with Gasteiger partial charge >= 0.3 is 0 Å². The van der Waals surface area contributed by atoms with Crippen LogP contribution < -0.4 is 26.6 Å². The molecule has 1 aromatic rings. The third-order valence-electron chi connectivity index (χ3n) is 5.46. The number of carbonyl (C=O) groups excluding carboxylic acids is 2. The molecule has 1 atom stereocenters. The third-order valence-corrected chi connectivity index (χ3v) is 5.46. The van der Waals surface area contributed by atoms with Crippen LogP contribution >= 0.6 is 0 Å². The maximum Gasteiger partial charge on any atom is 0.243 e. The zero-order chi connectivity index (χ0) is 23.2. The average molecular weight is 444 g/mol. The van der Waals surface area contributed by atoms with Crippen molar-refractivity contribution in [3.05, 3.63) is 47.2 Å². The Morgan fingerprint density at radius 3 is 2.38 bits per heavy atom. The summed E-state index contributed by atoms with van der Waals surface area (Å²) >= 11 is 0. The molecule has 7 nitrogen and oxygen atoms in total. The molecule has 0 aromatic heterocycles. The number of amides is 2. The number of nitrogens with one attached hydrogen (secondary N) is 5. The fourth-order valence-corrected chi connectivity index (χ4v) is 3.74. The predicted octanol–water partition coefficient (Wildman–Crippen LogP) is 1.64. The summed E-state index contributed by atoms with van der Waals surface area (Å²) in [5, 5.41) is 15.9. The topological polar surface area (TPSA) is 94.3 Å². The number of hydrogen-bond acceptors (Lipinski definition) is 5. The van der Waals surface area contributed by atoms with Crippen LogP contribution in [0.5, 0.6) is 0 Å². The second kappa shape index (κ2) is 14.6. The van der Waals surface area contributed by atoms with Crippen molar-refractivity contribution in [2.45, 2.75) is 65.0 Å². The Morgan fingerprint density at radius 2 is 1.72 bits per heavy atom. The lowest BCUT2D eigenvalue weighted by molar-refractivity contribution is -0.128. The minimum atomic E-state index is -0.602. The van der Waals surface area contributed by atoms with E-state index in [2.05, 4.69) is 63.8 Å². The van der Waals surface area contributed by atoms with Gasteiger partial charge in [0.05, 0.1) is 6.54 Å². The van der Waals surface area contributed by atoms with Crippen LogP contribution in [0.15, 0.2) is 36.0 Å². The van der Waals surface area contributed by atoms with Crippen LogP contribution in [0.3, 0.4) is 0 Å². The Kier molecular flexibility index (Phi) is 11.8. The molecular weight excluding hydrogens is 402 g/mol. The molecule has 2 rings (SSSR count). The highest BCUT2D eigenvalue weighted by atomic mass is 16.2. The molecule has 1 unspecified atom stereocenters. The van der Waals surface area contributed by atoms with Crippen LogP contribution in [-0.2, 0) is 22.4 Å². The van der Waals surface area contributed by atoms with Crippen LogP contribution in [0.25, 0.3) is 0 Å².